The highest BCUT2D eigenvalue weighted by Gasteiger charge is 2.36. The highest BCUT2D eigenvalue weighted by Crippen LogP contribution is 2.48. The van der Waals surface area contributed by atoms with Gasteiger partial charge in [-0.15, -0.1) is 0 Å². The lowest BCUT2D eigenvalue weighted by Gasteiger charge is -2.33. The monoisotopic (exact) mass is 316 g/mol. The number of hydrogen-bond acceptors (Lipinski definition) is 1. The van der Waals surface area contributed by atoms with Crippen LogP contribution in [0.2, 0.25) is 0 Å². The predicted octanol–water partition coefficient (Wildman–Crippen LogP) is 5.04. The Morgan fingerprint density at radius 1 is 0.833 bits per heavy atom. The van der Waals surface area contributed by atoms with Gasteiger partial charge in [-0.3, -0.25) is 0 Å². The van der Waals surface area contributed by atoms with Gasteiger partial charge in [0.05, 0.1) is 0 Å². The lowest BCUT2D eigenvalue weighted by atomic mass is 9.71. The fourth-order valence-electron chi connectivity index (χ4n) is 4.23. The van der Waals surface area contributed by atoms with E-state index in [1.165, 1.54) is 33.4 Å². The Bertz CT molecular complexity index is 762. The molecule has 2 aromatic rings. The van der Waals surface area contributed by atoms with Gasteiger partial charge in [-0.1, -0.05) is 78.8 Å². The SMILES string of the molecule is CC(CCCO)(C1=Cc2ccccc2C1)C1=Cc2ccccc2C1. The summed E-state index contributed by atoms with van der Waals surface area (Å²) in [5, 5.41) is 9.42. The smallest absolute Gasteiger partial charge is 0.0431 e. The molecule has 0 unspecified atom stereocenters. The summed E-state index contributed by atoms with van der Waals surface area (Å²) < 4.78 is 0. The Morgan fingerprint density at radius 3 is 1.79 bits per heavy atom. The molecule has 4 rings (SSSR count). The zero-order chi connectivity index (χ0) is 16.6. The summed E-state index contributed by atoms with van der Waals surface area (Å²) in [6, 6.07) is 17.4. The maximum Gasteiger partial charge on any atom is 0.0431 e. The van der Waals surface area contributed by atoms with Gasteiger partial charge in [0.15, 0.2) is 0 Å². The summed E-state index contributed by atoms with van der Waals surface area (Å²) in [7, 11) is 0. The molecule has 0 aliphatic heterocycles. The third kappa shape index (κ3) is 2.53. The van der Waals surface area contributed by atoms with Gasteiger partial charge in [0.1, 0.15) is 0 Å². The molecule has 0 atom stereocenters. The Morgan fingerprint density at radius 2 is 1.33 bits per heavy atom. The lowest BCUT2D eigenvalue weighted by molar-refractivity contribution is 0.262. The Kier molecular flexibility index (Phi) is 3.90. The lowest BCUT2D eigenvalue weighted by Crippen LogP contribution is -2.23. The van der Waals surface area contributed by atoms with Crippen LogP contribution in [0.4, 0.5) is 0 Å². The van der Waals surface area contributed by atoms with Gasteiger partial charge < -0.3 is 5.11 Å². The van der Waals surface area contributed by atoms with Crippen LogP contribution in [-0.2, 0) is 12.8 Å². The van der Waals surface area contributed by atoms with E-state index in [0.29, 0.717) is 0 Å². The standard InChI is InChI=1S/C23H24O/c1-23(11-6-12-24,21-13-17-7-2-3-8-18(17)14-21)22-15-19-9-4-5-10-20(19)16-22/h2-5,7-10,13,15,24H,6,11-12,14,16H2,1H3. The first-order valence-corrected chi connectivity index (χ1v) is 8.89. The number of benzene rings is 2. The van der Waals surface area contributed by atoms with Gasteiger partial charge >= 0.3 is 0 Å². The van der Waals surface area contributed by atoms with Crippen LogP contribution < -0.4 is 0 Å². The third-order valence-electron chi connectivity index (χ3n) is 5.78. The van der Waals surface area contributed by atoms with E-state index in [0.717, 1.165) is 25.7 Å². The number of allylic oxidation sites excluding steroid dienone is 2. The normalized spacial score (nSPS) is 15.8. The van der Waals surface area contributed by atoms with E-state index in [1.807, 2.05) is 0 Å². The minimum Gasteiger partial charge on any atom is -0.396 e. The van der Waals surface area contributed by atoms with Crippen molar-refractivity contribution < 1.29 is 5.11 Å². The number of rotatable bonds is 5. The van der Waals surface area contributed by atoms with Crippen molar-refractivity contribution in [3.63, 3.8) is 0 Å². The Labute approximate surface area is 144 Å². The molecule has 0 spiro atoms. The second-order valence-electron chi connectivity index (χ2n) is 7.25. The second kappa shape index (κ2) is 6.07. The number of aliphatic hydroxyl groups excluding tert-OH is 1. The molecule has 1 N–H and O–H groups in total. The van der Waals surface area contributed by atoms with Gasteiger partial charge in [-0.05, 0) is 47.9 Å². The average Bonchev–Trinajstić information content (AvgIpc) is 3.23. The second-order valence-corrected chi connectivity index (χ2v) is 7.25. The van der Waals surface area contributed by atoms with Gasteiger partial charge in [0.25, 0.3) is 0 Å². The summed E-state index contributed by atoms with van der Waals surface area (Å²) in [4.78, 5) is 0. The molecule has 1 nitrogen and oxygen atoms in total. The van der Waals surface area contributed by atoms with E-state index in [1.54, 1.807) is 0 Å². The summed E-state index contributed by atoms with van der Waals surface area (Å²) in [6.07, 6.45) is 8.69. The van der Waals surface area contributed by atoms with Crippen molar-refractivity contribution in [1.82, 2.24) is 0 Å². The van der Waals surface area contributed by atoms with Crippen molar-refractivity contribution in [2.75, 3.05) is 6.61 Å². The molecule has 24 heavy (non-hydrogen) atoms. The molecule has 0 amide bonds. The maximum absolute atomic E-state index is 9.42. The van der Waals surface area contributed by atoms with Crippen molar-refractivity contribution in [3.05, 3.63) is 81.9 Å². The Hall–Kier alpha value is -2.12. The number of hydrogen-bond donors (Lipinski definition) is 1. The first kappa shape index (κ1) is 15.4. The molecular formula is C23H24O. The fraction of sp³-hybridized carbons (Fsp3) is 0.304. The van der Waals surface area contributed by atoms with Gasteiger partial charge in [0, 0.05) is 12.0 Å². The highest BCUT2D eigenvalue weighted by molar-refractivity contribution is 5.71. The molecule has 0 aromatic heterocycles. The van der Waals surface area contributed by atoms with E-state index in [-0.39, 0.29) is 12.0 Å². The average molecular weight is 316 g/mol. The summed E-state index contributed by atoms with van der Waals surface area (Å²) in [5.41, 5.74) is 8.60. The predicted molar refractivity (Wildman–Crippen MR) is 101 cm³/mol. The molecule has 0 radical (unpaired) electrons. The molecule has 122 valence electrons. The molecule has 0 fully saturated rings. The first-order valence-electron chi connectivity index (χ1n) is 8.89. The topological polar surface area (TPSA) is 20.2 Å². The molecule has 2 aliphatic carbocycles. The summed E-state index contributed by atoms with van der Waals surface area (Å²) in [6.45, 7) is 2.63. The van der Waals surface area contributed by atoms with E-state index in [9.17, 15) is 5.11 Å². The van der Waals surface area contributed by atoms with Crippen LogP contribution in [0.3, 0.4) is 0 Å². The maximum atomic E-state index is 9.42. The fourth-order valence-corrected chi connectivity index (χ4v) is 4.23. The molecule has 0 bridgehead atoms. The quantitative estimate of drug-likeness (QED) is 0.819. The molecule has 0 saturated heterocycles. The number of aliphatic hydroxyl groups is 1. The zero-order valence-corrected chi connectivity index (χ0v) is 14.3. The number of fused-ring (bicyclic) bond motifs is 2. The van der Waals surface area contributed by atoms with Crippen LogP contribution in [0.25, 0.3) is 12.2 Å². The van der Waals surface area contributed by atoms with Crippen LogP contribution in [-0.4, -0.2) is 11.7 Å². The minimum absolute atomic E-state index is 0.0285. The summed E-state index contributed by atoms with van der Waals surface area (Å²) >= 11 is 0. The molecular weight excluding hydrogens is 292 g/mol. The van der Waals surface area contributed by atoms with E-state index < -0.39 is 0 Å². The molecule has 2 aromatic carbocycles. The van der Waals surface area contributed by atoms with Crippen molar-refractivity contribution in [2.24, 2.45) is 5.41 Å². The molecule has 0 saturated carbocycles. The summed E-state index contributed by atoms with van der Waals surface area (Å²) in [5.74, 6) is 0. The van der Waals surface area contributed by atoms with Gasteiger partial charge in [0.2, 0.25) is 0 Å². The molecule has 2 aliphatic rings. The van der Waals surface area contributed by atoms with E-state index in [2.05, 4.69) is 67.6 Å². The van der Waals surface area contributed by atoms with Crippen LogP contribution in [0, 0.1) is 5.41 Å². The van der Waals surface area contributed by atoms with E-state index >= 15 is 0 Å². The zero-order valence-electron chi connectivity index (χ0n) is 14.3. The van der Waals surface area contributed by atoms with Crippen LogP contribution >= 0.6 is 0 Å². The Balaban J connectivity index is 1.70. The van der Waals surface area contributed by atoms with Crippen LogP contribution in [0.15, 0.2) is 59.7 Å². The van der Waals surface area contributed by atoms with Crippen molar-refractivity contribution in [2.45, 2.75) is 32.6 Å². The highest BCUT2D eigenvalue weighted by atomic mass is 16.2. The van der Waals surface area contributed by atoms with Crippen molar-refractivity contribution in [3.8, 4) is 0 Å². The van der Waals surface area contributed by atoms with Gasteiger partial charge in [-0.2, -0.15) is 0 Å². The largest absolute Gasteiger partial charge is 0.396 e. The van der Waals surface area contributed by atoms with Crippen molar-refractivity contribution in [1.29, 1.82) is 0 Å². The van der Waals surface area contributed by atoms with Crippen molar-refractivity contribution >= 4 is 12.2 Å². The van der Waals surface area contributed by atoms with Crippen LogP contribution in [0.1, 0.15) is 42.0 Å². The molecule has 1 heteroatoms. The minimum atomic E-state index is 0.0285. The van der Waals surface area contributed by atoms with E-state index in [4.69, 9.17) is 0 Å². The van der Waals surface area contributed by atoms with Gasteiger partial charge in [-0.25, -0.2) is 0 Å². The van der Waals surface area contributed by atoms with Crippen LogP contribution in [0.5, 0.6) is 0 Å². The molecule has 0 heterocycles. The third-order valence-corrected chi connectivity index (χ3v) is 5.78. The first-order chi connectivity index (χ1) is 11.7.